The van der Waals surface area contributed by atoms with Crippen LogP contribution in [0.25, 0.3) is 0 Å². The van der Waals surface area contributed by atoms with Crippen molar-refractivity contribution < 1.29 is 38.2 Å². The highest BCUT2D eigenvalue weighted by Gasteiger charge is 2.55. The number of amides is 2. The van der Waals surface area contributed by atoms with Gasteiger partial charge in [-0.05, 0) is 52.8 Å². The number of fused-ring (bicyclic) bond motifs is 1. The summed E-state index contributed by atoms with van der Waals surface area (Å²) in [4.78, 5) is 55.6. The maximum Gasteiger partial charge on any atom is 0.356 e. The Morgan fingerprint density at radius 2 is 1.45 bits per heavy atom. The number of carbonyl (C=O) groups is 3. The van der Waals surface area contributed by atoms with Crippen molar-refractivity contribution in [3.8, 4) is 17.2 Å². The maximum atomic E-state index is 14.6. The predicted molar refractivity (Wildman–Crippen MR) is 267 cm³/mol. The predicted octanol–water partition coefficient (Wildman–Crippen LogP) is 8.90. The van der Waals surface area contributed by atoms with E-state index >= 15 is 0 Å². The Bertz CT molecular complexity index is 2640. The zero-order valence-electron chi connectivity index (χ0n) is 37.0. The minimum absolute atomic E-state index is 0.00266. The Labute approximate surface area is 405 Å². The van der Waals surface area contributed by atoms with Crippen LogP contribution < -0.4 is 24.8 Å². The first-order valence-corrected chi connectivity index (χ1v) is 25.3. The summed E-state index contributed by atoms with van der Waals surface area (Å²) in [6.07, 6.45) is 1.97. The number of anilines is 1. The molecule has 5 aromatic carbocycles. The Kier molecular flexibility index (Phi) is 15.4. The van der Waals surface area contributed by atoms with E-state index in [1.54, 1.807) is 68.8 Å². The fourth-order valence-corrected chi connectivity index (χ4v) is 11.5. The van der Waals surface area contributed by atoms with Crippen LogP contribution in [0.1, 0.15) is 33.5 Å². The number of benzene rings is 5. The molecule has 1 aromatic heterocycles. The number of hydrogen-bond acceptors (Lipinski definition) is 15. The number of methoxy groups -OCH3 is 3. The third kappa shape index (κ3) is 10.3. The number of ether oxygens (including phenoxy) is 4. The van der Waals surface area contributed by atoms with E-state index in [0.717, 1.165) is 27.2 Å². The second kappa shape index (κ2) is 21.9. The number of rotatable bonds is 20. The molecule has 17 heteroatoms. The zero-order chi connectivity index (χ0) is 46.8. The lowest BCUT2D eigenvalue weighted by molar-refractivity contribution is -0.153. The maximum absolute atomic E-state index is 14.6. The van der Waals surface area contributed by atoms with Gasteiger partial charge in [-0.3, -0.25) is 14.5 Å². The SMILES string of the molecule is COc1ccc(COC(=O)C2=C(SCSC)CS[C@@H]3[C@H](NC(=O)/C(=N\OCc4ccc(OC)cc4OC)c4csc(NC(c5ccccc5)(c5ccccc5)c5ccccc5)n4)C(=O)N23)cc1. The molecule has 2 aliphatic rings. The van der Waals surface area contributed by atoms with Gasteiger partial charge in [-0.1, -0.05) is 108 Å². The molecule has 0 radical (unpaired) electrons. The quantitative estimate of drug-likeness (QED) is 0.0188. The van der Waals surface area contributed by atoms with Crippen LogP contribution in [-0.4, -0.2) is 83.2 Å². The van der Waals surface area contributed by atoms with Gasteiger partial charge in [0.15, 0.2) is 10.8 Å². The molecule has 2 aliphatic heterocycles. The monoisotopic (exact) mass is 973 g/mol. The Morgan fingerprint density at radius 3 is 2.04 bits per heavy atom. The Hall–Kier alpha value is -6.40. The average Bonchev–Trinajstić information content (AvgIpc) is 3.85. The molecule has 0 bridgehead atoms. The van der Waals surface area contributed by atoms with E-state index < -0.39 is 34.7 Å². The molecule has 8 rings (SSSR count). The first-order chi connectivity index (χ1) is 32.8. The summed E-state index contributed by atoms with van der Waals surface area (Å²) in [6.45, 7) is -0.0566. The summed E-state index contributed by atoms with van der Waals surface area (Å²) >= 11 is 5.86. The minimum Gasteiger partial charge on any atom is -0.497 e. The molecule has 13 nitrogen and oxygen atoms in total. The van der Waals surface area contributed by atoms with E-state index in [9.17, 15) is 14.4 Å². The van der Waals surface area contributed by atoms with Crippen molar-refractivity contribution in [2.75, 3.05) is 43.7 Å². The van der Waals surface area contributed by atoms with Gasteiger partial charge in [-0.2, -0.15) is 11.8 Å². The largest absolute Gasteiger partial charge is 0.497 e. The van der Waals surface area contributed by atoms with E-state index in [-0.39, 0.29) is 30.3 Å². The van der Waals surface area contributed by atoms with Gasteiger partial charge in [0.2, 0.25) is 0 Å². The van der Waals surface area contributed by atoms with Crippen LogP contribution in [-0.2, 0) is 42.7 Å². The molecule has 67 heavy (non-hydrogen) atoms. The summed E-state index contributed by atoms with van der Waals surface area (Å²) in [5, 5.41) is 13.4. The first-order valence-electron chi connectivity index (χ1n) is 21.0. The number of nitrogens with zero attached hydrogens (tertiary/aromatic N) is 3. The van der Waals surface area contributed by atoms with E-state index in [1.165, 1.54) is 39.8 Å². The molecule has 2 atom stereocenters. The summed E-state index contributed by atoms with van der Waals surface area (Å²) in [5.74, 6) is 0.477. The number of carbonyl (C=O) groups excluding carboxylic acids is 3. The second-order valence-corrected chi connectivity index (χ2v) is 19.3. The molecule has 0 unspecified atom stereocenters. The molecule has 344 valence electrons. The Balaban J connectivity index is 1.09. The lowest BCUT2D eigenvalue weighted by atomic mass is 9.77. The minimum atomic E-state index is -0.987. The van der Waals surface area contributed by atoms with Gasteiger partial charge in [0.25, 0.3) is 11.8 Å². The summed E-state index contributed by atoms with van der Waals surface area (Å²) in [7, 11) is 4.69. The van der Waals surface area contributed by atoms with Crippen molar-refractivity contribution in [2.45, 2.75) is 30.2 Å². The summed E-state index contributed by atoms with van der Waals surface area (Å²) < 4.78 is 22.0. The van der Waals surface area contributed by atoms with Crippen LogP contribution in [0.15, 0.2) is 155 Å². The molecular formula is C50H47N5O8S4. The highest BCUT2D eigenvalue weighted by molar-refractivity contribution is 8.18. The molecule has 6 aromatic rings. The molecule has 0 aliphatic carbocycles. The van der Waals surface area contributed by atoms with Gasteiger partial charge < -0.3 is 34.4 Å². The highest BCUT2D eigenvalue weighted by atomic mass is 32.2. The number of thioether (sulfide) groups is 3. The number of thiazole rings is 1. The van der Waals surface area contributed by atoms with Crippen molar-refractivity contribution >= 4 is 75.2 Å². The first kappa shape index (κ1) is 47.1. The zero-order valence-corrected chi connectivity index (χ0v) is 40.3. The number of aromatic nitrogens is 1. The summed E-state index contributed by atoms with van der Waals surface area (Å²) in [6, 6.07) is 41.8. The third-order valence-electron chi connectivity index (χ3n) is 11.0. The molecule has 0 spiro atoms. The molecule has 1 fully saturated rings. The number of esters is 1. The van der Waals surface area contributed by atoms with Gasteiger partial charge in [-0.15, -0.1) is 34.9 Å². The van der Waals surface area contributed by atoms with E-state index in [4.69, 9.17) is 28.8 Å². The number of hydrogen-bond donors (Lipinski definition) is 2. The van der Waals surface area contributed by atoms with E-state index in [2.05, 4.69) is 52.2 Å². The molecule has 1 saturated heterocycles. The number of oxime groups is 1. The van der Waals surface area contributed by atoms with Crippen molar-refractivity contribution in [3.05, 3.63) is 183 Å². The lowest BCUT2D eigenvalue weighted by Crippen LogP contribution is -2.71. The lowest BCUT2D eigenvalue weighted by Gasteiger charge is -2.49. The van der Waals surface area contributed by atoms with Gasteiger partial charge in [-0.25, -0.2) is 9.78 Å². The fraction of sp³-hybridized carbons (Fsp3) is 0.220. The molecule has 2 amide bonds. The molecule has 3 heterocycles. The smallest absolute Gasteiger partial charge is 0.356 e. The summed E-state index contributed by atoms with van der Waals surface area (Å²) in [5.41, 5.74) is 3.69. The molecule has 2 N–H and O–H groups in total. The van der Waals surface area contributed by atoms with Crippen LogP contribution in [0.3, 0.4) is 0 Å². The van der Waals surface area contributed by atoms with Crippen molar-refractivity contribution in [2.24, 2.45) is 5.16 Å². The standard InChI is InChI=1S/C50H47N5O8S4/c1-59-37-23-20-32(21-24-37)27-62-48(58)44-41(67-31-64-4)30-65-47-43(46(57)55(44)47)52-45(56)42(54-63-28-33-22-25-38(60-2)26-40(33)61-3)39-29-66-49(51-39)53-50(34-14-8-5-9-15-34,35-16-10-6-11-17-35)36-18-12-7-13-19-36/h5-26,29,43,47H,27-28,30-31H2,1-4H3,(H,51,53)(H,52,56)/b54-42-/t43-,47-/m1/s1. The molecular weight excluding hydrogens is 927 g/mol. The topological polar surface area (TPSA) is 150 Å². The Morgan fingerprint density at radius 1 is 0.821 bits per heavy atom. The number of nitrogens with one attached hydrogen (secondary N) is 2. The average molecular weight is 974 g/mol. The highest BCUT2D eigenvalue weighted by Crippen LogP contribution is 2.45. The second-order valence-electron chi connectivity index (χ2n) is 15.0. The van der Waals surface area contributed by atoms with Crippen LogP contribution in [0.4, 0.5) is 5.13 Å². The fourth-order valence-electron chi connectivity index (χ4n) is 7.69. The van der Waals surface area contributed by atoms with Crippen LogP contribution >= 0.6 is 46.6 Å². The normalized spacial score (nSPS) is 15.8. The van der Waals surface area contributed by atoms with Crippen molar-refractivity contribution in [1.82, 2.24) is 15.2 Å². The van der Waals surface area contributed by atoms with Gasteiger partial charge in [0.05, 0.1) is 21.3 Å². The van der Waals surface area contributed by atoms with Crippen LogP contribution in [0.2, 0.25) is 0 Å². The van der Waals surface area contributed by atoms with Gasteiger partial charge >= 0.3 is 5.97 Å². The third-order valence-corrected chi connectivity index (χ3v) is 15.4. The molecule has 0 saturated carbocycles. The van der Waals surface area contributed by atoms with Gasteiger partial charge in [0.1, 0.15) is 58.8 Å². The van der Waals surface area contributed by atoms with Crippen molar-refractivity contribution in [1.29, 1.82) is 0 Å². The van der Waals surface area contributed by atoms with Gasteiger partial charge in [0, 0.05) is 32.8 Å². The van der Waals surface area contributed by atoms with E-state index in [0.29, 0.717) is 38.8 Å². The van der Waals surface area contributed by atoms with E-state index in [1.807, 2.05) is 73.0 Å². The van der Waals surface area contributed by atoms with Crippen LogP contribution in [0.5, 0.6) is 17.2 Å². The van der Waals surface area contributed by atoms with Crippen LogP contribution in [0, 0.1) is 0 Å². The van der Waals surface area contributed by atoms with Crippen molar-refractivity contribution in [3.63, 3.8) is 0 Å². The number of β-lactam (4-membered cyclic amide) rings is 1.